The van der Waals surface area contributed by atoms with E-state index in [4.69, 9.17) is 4.74 Å². The van der Waals surface area contributed by atoms with Gasteiger partial charge in [-0.05, 0) is 12.1 Å². The zero-order chi connectivity index (χ0) is 6.81. The standard InChI is InChI=1S/C9H8O.Cr.Ni/c1-2-6-9-8(4-1)5-3-7-10-9;;/h1-6H,7H2;;. The van der Waals surface area contributed by atoms with Gasteiger partial charge >= 0.3 is 0 Å². The molecule has 0 N–H and O–H groups in total. The summed E-state index contributed by atoms with van der Waals surface area (Å²) >= 11 is 0. The Labute approximate surface area is 92.9 Å². The molecule has 1 aromatic rings. The fourth-order valence-corrected chi connectivity index (χ4v) is 1.06. The van der Waals surface area contributed by atoms with E-state index in [0.29, 0.717) is 6.61 Å². The predicted molar refractivity (Wildman–Crippen MR) is 41.0 cm³/mol. The topological polar surface area (TPSA) is 9.23 Å². The number of hydrogen-bond acceptors (Lipinski definition) is 1. The zero-order valence-electron chi connectivity index (χ0n) is 6.30. The molecule has 1 aromatic carbocycles. The minimum absolute atomic E-state index is 0. The van der Waals surface area contributed by atoms with E-state index in [2.05, 4.69) is 6.08 Å². The molecule has 0 aromatic heterocycles. The van der Waals surface area contributed by atoms with Crippen LogP contribution < -0.4 is 4.74 Å². The first kappa shape index (κ1) is 11.8. The van der Waals surface area contributed by atoms with Gasteiger partial charge in [0, 0.05) is 39.4 Å². The molecule has 0 radical (unpaired) electrons. The van der Waals surface area contributed by atoms with Gasteiger partial charge in [0.2, 0.25) is 0 Å². The number of benzene rings is 1. The van der Waals surface area contributed by atoms with Crippen LogP contribution >= 0.6 is 0 Å². The molecule has 0 saturated heterocycles. The van der Waals surface area contributed by atoms with Crippen LogP contribution in [0.25, 0.3) is 6.08 Å². The molecule has 0 saturated carbocycles. The van der Waals surface area contributed by atoms with Gasteiger partial charge in [0.25, 0.3) is 0 Å². The van der Waals surface area contributed by atoms with Crippen LogP contribution in [-0.4, -0.2) is 6.61 Å². The van der Waals surface area contributed by atoms with Gasteiger partial charge in [-0.3, -0.25) is 0 Å². The summed E-state index contributed by atoms with van der Waals surface area (Å²) < 4.78 is 5.34. The van der Waals surface area contributed by atoms with Gasteiger partial charge in [-0.1, -0.05) is 24.3 Å². The summed E-state index contributed by atoms with van der Waals surface area (Å²) in [6, 6.07) is 8.03. The average molecular weight is 243 g/mol. The first-order valence-electron chi connectivity index (χ1n) is 3.35. The maximum absolute atomic E-state index is 5.34. The van der Waals surface area contributed by atoms with Crippen molar-refractivity contribution in [1.82, 2.24) is 0 Å². The van der Waals surface area contributed by atoms with Gasteiger partial charge in [0.1, 0.15) is 12.4 Å². The Morgan fingerprint density at radius 3 is 2.67 bits per heavy atom. The molecule has 2 rings (SSSR count). The number of rotatable bonds is 0. The van der Waals surface area contributed by atoms with Crippen molar-refractivity contribution in [2.75, 3.05) is 6.61 Å². The second kappa shape index (κ2) is 5.43. The van der Waals surface area contributed by atoms with Crippen LogP contribution in [0, 0.1) is 0 Å². The number of fused-ring (bicyclic) bond motifs is 1. The summed E-state index contributed by atoms with van der Waals surface area (Å²) in [6.45, 7) is 0.705. The molecule has 66 valence electrons. The third kappa shape index (κ3) is 2.39. The third-order valence-electron chi connectivity index (χ3n) is 1.55. The van der Waals surface area contributed by atoms with Crippen LogP contribution in [0.15, 0.2) is 30.3 Å². The molecule has 1 heterocycles. The van der Waals surface area contributed by atoms with Crippen LogP contribution in [0.5, 0.6) is 5.75 Å². The van der Waals surface area contributed by atoms with E-state index in [1.54, 1.807) is 0 Å². The van der Waals surface area contributed by atoms with Crippen LogP contribution in [-0.2, 0) is 33.9 Å². The molecule has 0 atom stereocenters. The van der Waals surface area contributed by atoms with E-state index in [1.807, 2.05) is 30.3 Å². The zero-order valence-corrected chi connectivity index (χ0v) is 8.57. The van der Waals surface area contributed by atoms with E-state index in [1.165, 1.54) is 5.56 Å². The second-order valence-corrected chi connectivity index (χ2v) is 2.25. The Morgan fingerprint density at radius 1 is 1.17 bits per heavy atom. The molecule has 3 heteroatoms. The maximum atomic E-state index is 5.34. The van der Waals surface area contributed by atoms with Crippen LogP contribution in [0.4, 0.5) is 0 Å². The predicted octanol–water partition coefficient (Wildman–Crippen LogP) is 2.09. The molecular formula is C9H8CrNiO. The molecule has 0 aliphatic carbocycles. The number of ether oxygens (including phenoxy) is 1. The first-order chi connectivity index (χ1) is 4.97. The SMILES string of the molecule is C1=Cc2ccccc2OC1.[Cr].[Ni]. The van der Waals surface area contributed by atoms with Gasteiger partial charge in [-0.15, -0.1) is 0 Å². The molecule has 0 spiro atoms. The molecular weight excluding hydrogens is 235 g/mol. The van der Waals surface area contributed by atoms with Crippen molar-refractivity contribution in [3.05, 3.63) is 35.9 Å². The smallest absolute Gasteiger partial charge is 0.126 e. The quantitative estimate of drug-likeness (QED) is 0.634. The Morgan fingerprint density at radius 2 is 1.92 bits per heavy atom. The summed E-state index contributed by atoms with van der Waals surface area (Å²) in [7, 11) is 0. The van der Waals surface area contributed by atoms with Crippen molar-refractivity contribution < 1.29 is 38.6 Å². The monoisotopic (exact) mass is 242 g/mol. The van der Waals surface area contributed by atoms with Gasteiger partial charge in [0.05, 0.1) is 0 Å². The minimum atomic E-state index is 0. The van der Waals surface area contributed by atoms with Crippen molar-refractivity contribution in [3.63, 3.8) is 0 Å². The summed E-state index contributed by atoms with van der Waals surface area (Å²) in [5.41, 5.74) is 1.17. The number of hydrogen-bond donors (Lipinski definition) is 0. The number of para-hydroxylation sites is 1. The van der Waals surface area contributed by atoms with Gasteiger partial charge in [-0.2, -0.15) is 0 Å². The van der Waals surface area contributed by atoms with Gasteiger partial charge < -0.3 is 4.74 Å². The van der Waals surface area contributed by atoms with E-state index in [0.717, 1.165) is 5.75 Å². The minimum Gasteiger partial charge on any atom is -0.489 e. The molecule has 0 fully saturated rings. The summed E-state index contributed by atoms with van der Waals surface area (Å²) in [5.74, 6) is 0.991. The van der Waals surface area contributed by atoms with Crippen LogP contribution in [0.3, 0.4) is 0 Å². The van der Waals surface area contributed by atoms with Crippen LogP contribution in [0.1, 0.15) is 5.56 Å². The molecule has 1 nitrogen and oxygen atoms in total. The summed E-state index contributed by atoms with van der Waals surface area (Å²) in [5, 5.41) is 0. The third-order valence-corrected chi connectivity index (χ3v) is 1.55. The first-order valence-corrected chi connectivity index (χ1v) is 3.35. The van der Waals surface area contributed by atoms with Crippen molar-refractivity contribution in [3.8, 4) is 5.75 Å². The van der Waals surface area contributed by atoms with E-state index < -0.39 is 0 Å². The van der Waals surface area contributed by atoms with Crippen molar-refractivity contribution >= 4 is 6.08 Å². The summed E-state index contributed by atoms with van der Waals surface area (Å²) in [4.78, 5) is 0. The Balaban J connectivity index is 0.000000605. The van der Waals surface area contributed by atoms with Crippen molar-refractivity contribution in [2.45, 2.75) is 0 Å². The molecule has 12 heavy (non-hydrogen) atoms. The normalized spacial score (nSPS) is 11.7. The van der Waals surface area contributed by atoms with Crippen molar-refractivity contribution in [1.29, 1.82) is 0 Å². The van der Waals surface area contributed by atoms with E-state index in [9.17, 15) is 0 Å². The van der Waals surface area contributed by atoms with Crippen LogP contribution in [0.2, 0.25) is 0 Å². The fourth-order valence-electron chi connectivity index (χ4n) is 1.06. The van der Waals surface area contributed by atoms with Crippen molar-refractivity contribution in [2.24, 2.45) is 0 Å². The Hall–Kier alpha value is -0.214. The maximum Gasteiger partial charge on any atom is 0.126 e. The summed E-state index contributed by atoms with van der Waals surface area (Å²) in [6.07, 6.45) is 4.10. The fraction of sp³-hybridized carbons (Fsp3) is 0.111. The average Bonchev–Trinajstić information content (AvgIpc) is 2.05. The van der Waals surface area contributed by atoms with E-state index in [-0.39, 0.29) is 33.9 Å². The Bertz CT molecular complexity index is 273. The van der Waals surface area contributed by atoms with E-state index >= 15 is 0 Å². The molecule has 0 bridgehead atoms. The van der Waals surface area contributed by atoms with Gasteiger partial charge in [-0.25, -0.2) is 0 Å². The molecule has 0 amide bonds. The molecule has 1 aliphatic heterocycles. The molecule has 0 unspecified atom stereocenters. The second-order valence-electron chi connectivity index (χ2n) is 2.25. The molecule has 1 aliphatic rings. The largest absolute Gasteiger partial charge is 0.489 e. The van der Waals surface area contributed by atoms with Gasteiger partial charge in [0.15, 0.2) is 0 Å². The Kier molecular flexibility index (Phi) is 5.34.